The Morgan fingerprint density at radius 2 is 1.77 bits per heavy atom. The summed E-state index contributed by atoms with van der Waals surface area (Å²) < 4.78 is 0. The van der Waals surface area contributed by atoms with Gasteiger partial charge in [-0.05, 0) is 49.4 Å². The predicted molar refractivity (Wildman–Crippen MR) is 57.8 cm³/mol. The second-order valence-corrected chi connectivity index (χ2v) is 3.92. The van der Waals surface area contributed by atoms with Crippen LogP contribution in [0.5, 0.6) is 0 Å². The van der Waals surface area contributed by atoms with Crippen LogP contribution in [0.25, 0.3) is 0 Å². The van der Waals surface area contributed by atoms with Crippen LogP contribution in [0.3, 0.4) is 0 Å². The third kappa shape index (κ3) is 2.56. The highest BCUT2D eigenvalue weighted by molar-refractivity contribution is 5.33. The largest absolute Gasteiger partial charge is 0.330 e. The Labute approximate surface area is 81.0 Å². The molecular weight excluding hydrogens is 158 g/mol. The molecule has 1 aromatic rings. The normalized spacial score (nSPS) is 12.9. The molecule has 0 fully saturated rings. The van der Waals surface area contributed by atoms with Gasteiger partial charge in [0.1, 0.15) is 0 Å². The fraction of sp³-hybridized carbons (Fsp3) is 0.500. The number of hydrogen-bond donors (Lipinski definition) is 1. The Hall–Kier alpha value is -0.820. The first-order chi connectivity index (χ1) is 6.15. The molecule has 1 unspecified atom stereocenters. The second-order valence-electron chi connectivity index (χ2n) is 3.92. The molecule has 1 atom stereocenters. The molecule has 1 heteroatoms. The average molecular weight is 177 g/mol. The van der Waals surface area contributed by atoms with Gasteiger partial charge in [-0.25, -0.2) is 0 Å². The second kappa shape index (κ2) is 4.43. The number of benzene rings is 1. The minimum absolute atomic E-state index is 0.583. The molecule has 0 heterocycles. The monoisotopic (exact) mass is 177 g/mol. The van der Waals surface area contributed by atoms with Crippen LogP contribution >= 0.6 is 0 Å². The van der Waals surface area contributed by atoms with Gasteiger partial charge in [0, 0.05) is 0 Å². The minimum atomic E-state index is 0.583. The van der Waals surface area contributed by atoms with E-state index in [9.17, 15) is 0 Å². The Bertz CT molecular complexity index is 258. The van der Waals surface area contributed by atoms with Crippen molar-refractivity contribution in [2.75, 3.05) is 6.54 Å². The van der Waals surface area contributed by atoms with Gasteiger partial charge < -0.3 is 5.73 Å². The van der Waals surface area contributed by atoms with Gasteiger partial charge >= 0.3 is 0 Å². The first-order valence-corrected chi connectivity index (χ1v) is 4.90. The van der Waals surface area contributed by atoms with Crippen molar-refractivity contribution in [2.24, 2.45) is 11.7 Å². The highest BCUT2D eigenvalue weighted by Crippen LogP contribution is 2.16. The fourth-order valence-electron chi connectivity index (χ4n) is 1.60. The van der Waals surface area contributed by atoms with E-state index in [0.29, 0.717) is 5.92 Å². The zero-order chi connectivity index (χ0) is 9.84. The molecule has 0 radical (unpaired) electrons. The molecule has 0 aliphatic carbocycles. The van der Waals surface area contributed by atoms with Crippen molar-refractivity contribution in [1.29, 1.82) is 0 Å². The number of nitrogens with two attached hydrogens (primary N) is 1. The van der Waals surface area contributed by atoms with Gasteiger partial charge in [0.15, 0.2) is 0 Å². The van der Waals surface area contributed by atoms with E-state index < -0.39 is 0 Å². The van der Waals surface area contributed by atoms with E-state index in [1.807, 2.05) is 0 Å². The van der Waals surface area contributed by atoms with Crippen LogP contribution in [0.1, 0.15) is 23.6 Å². The van der Waals surface area contributed by atoms with Gasteiger partial charge in [0.2, 0.25) is 0 Å². The summed E-state index contributed by atoms with van der Waals surface area (Å²) in [6.07, 6.45) is 1.11. The Morgan fingerprint density at radius 1 is 1.23 bits per heavy atom. The van der Waals surface area contributed by atoms with Crippen molar-refractivity contribution in [1.82, 2.24) is 0 Å². The molecule has 0 amide bonds. The van der Waals surface area contributed by atoms with Crippen LogP contribution in [-0.4, -0.2) is 6.54 Å². The highest BCUT2D eigenvalue weighted by Gasteiger charge is 2.06. The van der Waals surface area contributed by atoms with E-state index in [2.05, 4.69) is 39.0 Å². The van der Waals surface area contributed by atoms with Crippen molar-refractivity contribution in [3.63, 3.8) is 0 Å². The van der Waals surface area contributed by atoms with Crippen LogP contribution < -0.4 is 5.73 Å². The first-order valence-electron chi connectivity index (χ1n) is 4.90. The van der Waals surface area contributed by atoms with Crippen LogP contribution in [-0.2, 0) is 6.42 Å². The van der Waals surface area contributed by atoms with E-state index in [1.165, 1.54) is 16.7 Å². The number of hydrogen-bond acceptors (Lipinski definition) is 1. The molecule has 1 aromatic carbocycles. The maximum Gasteiger partial charge on any atom is -0.00483 e. The van der Waals surface area contributed by atoms with Gasteiger partial charge in [-0.15, -0.1) is 0 Å². The lowest BCUT2D eigenvalue weighted by molar-refractivity contribution is 0.589. The average Bonchev–Trinajstić information content (AvgIpc) is 2.11. The molecule has 0 spiro atoms. The summed E-state index contributed by atoms with van der Waals surface area (Å²) in [5, 5.41) is 0. The Balaban J connectivity index is 2.87. The van der Waals surface area contributed by atoms with Crippen LogP contribution in [0.15, 0.2) is 18.2 Å². The standard InChI is InChI=1S/C12H19N/c1-9(8-13)7-12-10(2)5-4-6-11(12)3/h4-6,9H,7-8,13H2,1-3H3. The summed E-state index contributed by atoms with van der Waals surface area (Å²) in [4.78, 5) is 0. The third-order valence-corrected chi connectivity index (χ3v) is 2.60. The molecule has 0 saturated carbocycles. The molecule has 0 aliphatic heterocycles. The predicted octanol–water partition coefficient (Wildman–Crippen LogP) is 2.44. The van der Waals surface area contributed by atoms with Crippen molar-refractivity contribution in [3.05, 3.63) is 34.9 Å². The summed E-state index contributed by atoms with van der Waals surface area (Å²) in [5.41, 5.74) is 9.87. The summed E-state index contributed by atoms with van der Waals surface area (Å²) in [5.74, 6) is 0.583. The molecule has 1 nitrogen and oxygen atoms in total. The summed E-state index contributed by atoms with van der Waals surface area (Å²) in [6, 6.07) is 6.46. The molecule has 1 rings (SSSR count). The third-order valence-electron chi connectivity index (χ3n) is 2.60. The van der Waals surface area contributed by atoms with Crippen molar-refractivity contribution < 1.29 is 0 Å². The maximum absolute atomic E-state index is 5.62. The summed E-state index contributed by atoms with van der Waals surface area (Å²) in [7, 11) is 0. The number of rotatable bonds is 3. The van der Waals surface area contributed by atoms with Crippen LogP contribution in [0.4, 0.5) is 0 Å². The smallest absolute Gasteiger partial charge is 0.00483 e. The van der Waals surface area contributed by atoms with E-state index in [0.717, 1.165) is 13.0 Å². The van der Waals surface area contributed by atoms with E-state index in [1.54, 1.807) is 0 Å². The quantitative estimate of drug-likeness (QED) is 0.754. The highest BCUT2D eigenvalue weighted by atomic mass is 14.5. The van der Waals surface area contributed by atoms with E-state index in [4.69, 9.17) is 5.73 Å². The van der Waals surface area contributed by atoms with Crippen molar-refractivity contribution >= 4 is 0 Å². The molecule has 13 heavy (non-hydrogen) atoms. The van der Waals surface area contributed by atoms with E-state index >= 15 is 0 Å². The summed E-state index contributed by atoms with van der Waals surface area (Å²) >= 11 is 0. The van der Waals surface area contributed by atoms with Crippen molar-refractivity contribution in [2.45, 2.75) is 27.2 Å². The molecule has 0 aliphatic rings. The van der Waals surface area contributed by atoms with Gasteiger partial charge in [-0.2, -0.15) is 0 Å². The zero-order valence-electron chi connectivity index (χ0n) is 8.80. The molecule has 0 aromatic heterocycles. The lowest BCUT2D eigenvalue weighted by atomic mass is 9.94. The Kier molecular flexibility index (Phi) is 3.49. The van der Waals surface area contributed by atoms with Gasteiger partial charge in [0.25, 0.3) is 0 Å². The SMILES string of the molecule is Cc1cccc(C)c1CC(C)CN. The molecule has 0 bridgehead atoms. The van der Waals surface area contributed by atoms with E-state index in [-0.39, 0.29) is 0 Å². The molecule has 2 N–H and O–H groups in total. The Morgan fingerprint density at radius 3 is 2.23 bits per heavy atom. The fourth-order valence-corrected chi connectivity index (χ4v) is 1.60. The summed E-state index contributed by atoms with van der Waals surface area (Å²) in [6.45, 7) is 7.32. The van der Waals surface area contributed by atoms with Gasteiger partial charge in [0.05, 0.1) is 0 Å². The zero-order valence-corrected chi connectivity index (χ0v) is 8.80. The first kappa shape index (κ1) is 10.3. The van der Waals surface area contributed by atoms with Crippen molar-refractivity contribution in [3.8, 4) is 0 Å². The van der Waals surface area contributed by atoms with Crippen LogP contribution in [0, 0.1) is 19.8 Å². The molecule has 72 valence electrons. The van der Waals surface area contributed by atoms with Gasteiger partial charge in [-0.3, -0.25) is 0 Å². The minimum Gasteiger partial charge on any atom is -0.330 e. The lowest BCUT2D eigenvalue weighted by Crippen LogP contribution is -2.14. The topological polar surface area (TPSA) is 26.0 Å². The van der Waals surface area contributed by atoms with Crippen LogP contribution in [0.2, 0.25) is 0 Å². The lowest BCUT2D eigenvalue weighted by Gasteiger charge is -2.13. The number of aryl methyl sites for hydroxylation is 2. The molecule has 0 saturated heterocycles. The van der Waals surface area contributed by atoms with Gasteiger partial charge in [-0.1, -0.05) is 25.1 Å². The molecular formula is C12H19N. The maximum atomic E-state index is 5.62.